The summed E-state index contributed by atoms with van der Waals surface area (Å²) in [7, 11) is 0. The molecule has 1 aliphatic heterocycles. The van der Waals surface area contributed by atoms with Gasteiger partial charge in [0.1, 0.15) is 0 Å². The van der Waals surface area contributed by atoms with Crippen LogP contribution in [0.1, 0.15) is 67.2 Å². The summed E-state index contributed by atoms with van der Waals surface area (Å²) in [5, 5.41) is 3.74. The maximum atomic E-state index is 3.74. The van der Waals surface area contributed by atoms with Gasteiger partial charge in [0.25, 0.3) is 0 Å². The maximum absolute atomic E-state index is 3.74. The van der Waals surface area contributed by atoms with E-state index >= 15 is 0 Å². The number of rotatable bonds is 5. The molecule has 1 saturated heterocycles. The number of hydrogen-bond donors (Lipinski definition) is 1. The summed E-state index contributed by atoms with van der Waals surface area (Å²) in [6, 6.07) is 0.710. The fraction of sp³-hybridized carbons (Fsp3) is 1.00. The van der Waals surface area contributed by atoms with Crippen molar-refractivity contribution in [2.75, 3.05) is 13.1 Å². The predicted molar refractivity (Wildman–Crippen MR) is 76.5 cm³/mol. The molecule has 102 valence electrons. The molecule has 1 unspecified atom stereocenters. The summed E-state index contributed by atoms with van der Waals surface area (Å²) in [5.74, 6) is 0. The van der Waals surface area contributed by atoms with Gasteiger partial charge in [-0.1, -0.05) is 27.2 Å². The smallest absolute Gasteiger partial charge is 0.0332 e. The fourth-order valence-electron chi connectivity index (χ4n) is 3.26. The predicted octanol–water partition coefficient (Wildman–Crippen LogP) is 3.42. The third-order valence-electron chi connectivity index (χ3n) is 4.63. The summed E-state index contributed by atoms with van der Waals surface area (Å²) in [5.41, 5.74) is 0.639. The van der Waals surface area contributed by atoms with E-state index < -0.39 is 0 Å². The molecule has 0 aromatic heterocycles. The monoisotopic (exact) mass is 240 g/mol. The van der Waals surface area contributed by atoms with Crippen LogP contribution < -0.4 is 5.32 Å². The van der Waals surface area contributed by atoms with Crippen LogP contribution in [0.15, 0.2) is 0 Å². The van der Waals surface area contributed by atoms with Crippen molar-refractivity contribution in [2.24, 2.45) is 0 Å². The summed E-state index contributed by atoms with van der Waals surface area (Å²) in [6.45, 7) is 16.4. The lowest BCUT2D eigenvalue weighted by Crippen LogP contribution is -2.69. The first-order valence-electron chi connectivity index (χ1n) is 7.42. The van der Waals surface area contributed by atoms with Crippen molar-refractivity contribution < 1.29 is 0 Å². The van der Waals surface area contributed by atoms with Crippen LogP contribution in [-0.2, 0) is 0 Å². The van der Waals surface area contributed by atoms with Gasteiger partial charge in [0.15, 0.2) is 0 Å². The summed E-state index contributed by atoms with van der Waals surface area (Å²) in [4.78, 5) is 2.78. The standard InChI is InChI=1S/C15H32N2/c1-7-10-13(4)17-12-14(5,6)16-11-15(17,8-2)9-3/h13,16H,7-12H2,1-6H3. The molecule has 1 aliphatic rings. The van der Waals surface area contributed by atoms with Crippen molar-refractivity contribution in [3.05, 3.63) is 0 Å². The minimum atomic E-state index is 0.260. The Labute approximate surface area is 108 Å². The molecule has 0 radical (unpaired) electrons. The van der Waals surface area contributed by atoms with E-state index in [2.05, 4.69) is 51.8 Å². The number of nitrogens with one attached hydrogen (secondary N) is 1. The van der Waals surface area contributed by atoms with Crippen LogP contribution >= 0.6 is 0 Å². The second-order valence-electron chi connectivity index (χ2n) is 6.43. The van der Waals surface area contributed by atoms with Crippen LogP contribution in [0.25, 0.3) is 0 Å². The van der Waals surface area contributed by atoms with Crippen LogP contribution in [0.5, 0.6) is 0 Å². The van der Waals surface area contributed by atoms with E-state index in [1.807, 2.05) is 0 Å². The van der Waals surface area contributed by atoms with E-state index in [0.29, 0.717) is 11.6 Å². The molecular weight excluding hydrogens is 208 g/mol. The van der Waals surface area contributed by atoms with E-state index in [9.17, 15) is 0 Å². The van der Waals surface area contributed by atoms with Crippen molar-refractivity contribution in [3.63, 3.8) is 0 Å². The quantitative estimate of drug-likeness (QED) is 0.792. The van der Waals surface area contributed by atoms with Gasteiger partial charge in [-0.15, -0.1) is 0 Å². The van der Waals surface area contributed by atoms with Crippen molar-refractivity contribution in [1.29, 1.82) is 0 Å². The van der Waals surface area contributed by atoms with Gasteiger partial charge in [-0.2, -0.15) is 0 Å². The first-order valence-corrected chi connectivity index (χ1v) is 7.42. The zero-order valence-electron chi connectivity index (χ0n) is 12.8. The Morgan fingerprint density at radius 3 is 2.24 bits per heavy atom. The average Bonchev–Trinajstić information content (AvgIpc) is 2.29. The molecule has 0 aromatic rings. The third kappa shape index (κ3) is 3.23. The summed E-state index contributed by atoms with van der Waals surface area (Å²) < 4.78 is 0. The Kier molecular flexibility index (Phi) is 5.03. The number of nitrogens with zero attached hydrogens (tertiary/aromatic N) is 1. The minimum absolute atomic E-state index is 0.260. The summed E-state index contributed by atoms with van der Waals surface area (Å²) in [6.07, 6.45) is 5.11. The van der Waals surface area contributed by atoms with E-state index in [0.717, 1.165) is 6.54 Å². The third-order valence-corrected chi connectivity index (χ3v) is 4.63. The fourth-order valence-corrected chi connectivity index (χ4v) is 3.26. The topological polar surface area (TPSA) is 15.3 Å². The van der Waals surface area contributed by atoms with Gasteiger partial charge in [0.05, 0.1) is 0 Å². The molecule has 0 aromatic carbocycles. The van der Waals surface area contributed by atoms with Gasteiger partial charge in [0.2, 0.25) is 0 Å². The normalized spacial score (nSPS) is 25.8. The zero-order chi connectivity index (χ0) is 13.1. The molecular formula is C15H32N2. The highest BCUT2D eigenvalue weighted by atomic mass is 15.3. The summed E-state index contributed by atoms with van der Waals surface area (Å²) >= 11 is 0. The van der Waals surface area contributed by atoms with Gasteiger partial charge < -0.3 is 5.32 Å². The van der Waals surface area contributed by atoms with Gasteiger partial charge in [0, 0.05) is 30.2 Å². The van der Waals surface area contributed by atoms with Gasteiger partial charge in [-0.25, -0.2) is 0 Å². The highest BCUT2D eigenvalue weighted by Crippen LogP contribution is 2.32. The molecule has 2 heteroatoms. The number of piperazine rings is 1. The van der Waals surface area contributed by atoms with Crippen molar-refractivity contribution in [1.82, 2.24) is 10.2 Å². The van der Waals surface area contributed by atoms with Crippen LogP contribution in [-0.4, -0.2) is 35.1 Å². The lowest BCUT2D eigenvalue weighted by molar-refractivity contribution is -0.0215. The Morgan fingerprint density at radius 2 is 1.76 bits per heavy atom. The van der Waals surface area contributed by atoms with Crippen molar-refractivity contribution in [2.45, 2.75) is 84.3 Å². The van der Waals surface area contributed by atoms with Gasteiger partial charge >= 0.3 is 0 Å². The highest BCUT2D eigenvalue weighted by Gasteiger charge is 2.43. The molecule has 1 heterocycles. The number of hydrogen-bond acceptors (Lipinski definition) is 2. The molecule has 0 amide bonds. The average molecular weight is 240 g/mol. The lowest BCUT2D eigenvalue weighted by atomic mass is 9.82. The SMILES string of the molecule is CCCC(C)N1CC(C)(C)NCC1(CC)CC. The lowest BCUT2D eigenvalue weighted by Gasteiger charge is -2.55. The zero-order valence-corrected chi connectivity index (χ0v) is 12.8. The van der Waals surface area contributed by atoms with E-state index in [1.54, 1.807) is 0 Å². The molecule has 1 atom stereocenters. The first kappa shape index (κ1) is 15.0. The van der Waals surface area contributed by atoms with Gasteiger partial charge in [-0.05, 0) is 40.0 Å². The largest absolute Gasteiger partial charge is 0.309 e. The van der Waals surface area contributed by atoms with E-state index in [4.69, 9.17) is 0 Å². The molecule has 2 nitrogen and oxygen atoms in total. The molecule has 0 saturated carbocycles. The second-order valence-corrected chi connectivity index (χ2v) is 6.43. The Bertz CT molecular complexity index is 231. The van der Waals surface area contributed by atoms with Crippen LogP contribution in [0, 0.1) is 0 Å². The van der Waals surface area contributed by atoms with Crippen molar-refractivity contribution >= 4 is 0 Å². The van der Waals surface area contributed by atoms with Crippen LogP contribution in [0.4, 0.5) is 0 Å². The van der Waals surface area contributed by atoms with E-state index in [1.165, 1.54) is 32.2 Å². The maximum Gasteiger partial charge on any atom is 0.0332 e. The van der Waals surface area contributed by atoms with Crippen molar-refractivity contribution in [3.8, 4) is 0 Å². The highest BCUT2D eigenvalue weighted by molar-refractivity contribution is 5.02. The molecule has 1 fully saturated rings. The molecule has 0 bridgehead atoms. The Balaban J connectivity index is 2.89. The molecule has 1 N–H and O–H groups in total. The Morgan fingerprint density at radius 1 is 1.18 bits per heavy atom. The minimum Gasteiger partial charge on any atom is -0.309 e. The molecule has 0 aliphatic carbocycles. The molecule has 1 rings (SSSR count). The van der Waals surface area contributed by atoms with Crippen LogP contribution in [0.3, 0.4) is 0 Å². The van der Waals surface area contributed by atoms with Gasteiger partial charge in [-0.3, -0.25) is 4.90 Å². The Hall–Kier alpha value is -0.0800. The first-order chi connectivity index (χ1) is 7.90. The molecule has 0 spiro atoms. The van der Waals surface area contributed by atoms with Crippen LogP contribution in [0.2, 0.25) is 0 Å². The van der Waals surface area contributed by atoms with E-state index in [-0.39, 0.29) is 5.54 Å². The second kappa shape index (κ2) is 5.71. The molecule has 17 heavy (non-hydrogen) atoms.